The van der Waals surface area contributed by atoms with Crippen molar-refractivity contribution < 1.29 is 9.21 Å². The van der Waals surface area contributed by atoms with Gasteiger partial charge in [-0.25, -0.2) is 4.68 Å². The van der Waals surface area contributed by atoms with E-state index in [4.69, 9.17) is 4.42 Å². The Hall–Kier alpha value is -3.16. The van der Waals surface area contributed by atoms with Gasteiger partial charge in [-0.05, 0) is 38.1 Å². The van der Waals surface area contributed by atoms with Gasteiger partial charge in [0.15, 0.2) is 5.82 Å². The lowest BCUT2D eigenvalue weighted by Crippen LogP contribution is -2.28. The van der Waals surface area contributed by atoms with Crippen LogP contribution in [-0.2, 0) is 0 Å². The Balaban J connectivity index is 1.50. The van der Waals surface area contributed by atoms with Crippen LogP contribution >= 0.6 is 0 Å². The van der Waals surface area contributed by atoms with Crippen molar-refractivity contribution in [3.8, 4) is 5.82 Å². The first-order chi connectivity index (χ1) is 11.6. The predicted molar refractivity (Wildman–Crippen MR) is 88.2 cm³/mol. The van der Waals surface area contributed by atoms with Crippen LogP contribution in [0.4, 0.5) is 5.82 Å². The van der Waals surface area contributed by atoms with Gasteiger partial charge in [0.05, 0.1) is 17.5 Å². The van der Waals surface area contributed by atoms with E-state index in [1.165, 1.54) is 12.5 Å². The standard InChI is InChI=1S/C16H18N6O2/c1-11-9-12(2)22(21-11)15-4-3-14(19-20-15)17-6-7-18-16(23)13-5-8-24-10-13/h3-5,8-10H,6-7H2,1-2H3,(H,17,19)(H,18,23). The van der Waals surface area contributed by atoms with Crippen molar-refractivity contribution in [1.29, 1.82) is 0 Å². The molecule has 0 aromatic carbocycles. The highest BCUT2D eigenvalue weighted by atomic mass is 16.3. The highest BCUT2D eigenvalue weighted by Gasteiger charge is 2.07. The summed E-state index contributed by atoms with van der Waals surface area (Å²) in [6.07, 6.45) is 2.87. The first-order valence-electron chi connectivity index (χ1n) is 7.55. The van der Waals surface area contributed by atoms with Crippen molar-refractivity contribution in [2.75, 3.05) is 18.4 Å². The molecule has 0 fully saturated rings. The van der Waals surface area contributed by atoms with E-state index >= 15 is 0 Å². The summed E-state index contributed by atoms with van der Waals surface area (Å²) in [5.74, 6) is 1.13. The normalized spacial score (nSPS) is 10.6. The largest absolute Gasteiger partial charge is 0.472 e. The van der Waals surface area contributed by atoms with E-state index in [1.54, 1.807) is 10.7 Å². The van der Waals surface area contributed by atoms with Crippen LogP contribution in [0.25, 0.3) is 5.82 Å². The SMILES string of the molecule is Cc1cc(C)n(-c2ccc(NCCNC(=O)c3ccoc3)nn2)n1. The zero-order chi connectivity index (χ0) is 16.9. The number of furan rings is 1. The molecule has 0 radical (unpaired) electrons. The minimum absolute atomic E-state index is 0.170. The first kappa shape index (κ1) is 15.7. The van der Waals surface area contributed by atoms with Crippen LogP contribution in [0.3, 0.4) is 0 Å². The number of carbonyl (C=O) groups excluding carboxylic acids is 1. The maximum absolute atomic E-state index is 11.7. The molecule has 3 aromatic heterocycles. The summed E-state index contributed by atoms with van der Waals surface area (Å²) in [7, 11) is 0. The van der Waals surface area contributed by atoms with E-state index in [0.29, 0.717) is 30.3 Å². The lowest BCUT2D eigenvalue weighted by molar-refractivity contribution is 0.0954. The number of anilines is 1. The fraction of sp³-hybridized carbons (Fsp3) is 0.250. The van der Waals surface area contributed by atoms with Gasteiger partial charge in [-0.2, -0.15) is 5.10 Å². The first-order valence-corrected chi connectivity index (χ1v) is 7.55. The fourth-order valence-corrected chi connectivity index (χ4v) is 2.26. The molecule has 3 rings (SSSR count). The number of aryl methyl sites for hydroxylation is 2. The highest BCUT2D eigenvalue weighted by molar-refractivity contribution is 5.93. The summed E-state index contributed by atoms with van der Waals surface area (Å²) >= 11 is 0. The topological polar surface area (TPSA) is 97.9 Å². The summed E-state index contributed by atoms with van der Waals surface area (Å²) in [5.41, 5.74) is 2.44. The van der Waals surface area contributed by atoms with Gasteiger partial charge in [-0.15, -0.1) is 10.2 Å². The molecule has 8 nitrogen and oxygen atoms in total. The second-order valence-corrected chi connectivity index (χ2v) is 5.31. The predicted octanol–water partition coefficient (Wildman–Crippen LogP) is 1.71. The zero-order valence-electron chi connectivity index (χ0n) is 13.5. The summed E-state index contributed by atoms with van der Waals surface area (Å²) in [5, 5.41) is 18.5. The number of nitrogens with zero attached hydrogens (tertiary/aromatic N) is 4. The molecule has 24 heavy (non-hydrogen) atoms. The zero-order valence-corrected chi connectivity index (χ0v) is 13.5. The molecule has 0 aliphatic carbocycles. The summed E-state index contributed by atoms with van der Waals surface area (Å²) in [4.78, 5) is 11.7. The Morgan fingerprint density at radius 1 is 1.21 bits per heavy atom. The summed E-state index contributed by atoms with van der Waals surface area (Å²) < 4.78 is 6.61. The smallest absolute Gasteiger partial charge is 0.254 e. The third-order valence-electron chi connectivity index (χ3n) is 3.38. The monoisotopic (exact) mass is 326 g/mol. The second kappa shape index (κ2) is 6.95. The molecule has 0 saturated carbocycles. The fourth-order valence-electron chi connectivity index (χ4n) is 2.26. The van der Waals surface area contributed by atoms with Crippen LogP contribution in [0.2, 0.25) is 0 Å². The van der Waals surface area contributed by atoms with Crippen LogP contribution in [0.1, 0.15) is 21.7 Å². The minimum Gasteiger partial charge on any atom is -0.472 e. The molecule has 3 heterocycles. The third kappa shape index (κ3) is 3.60. The van der Waals surface area contributed by atoms with E-state index in [1.807, 2.05) is 32.0 Å². The Morgan fingerprint density at radius 2 is 2.08 bits per heavy atom. The van der Waals surface area contributed by atoms with Gasteiger partial charge in [-0.3, -0.25) is 4.79 Å². The van der Waals surface area contributed by atoms with Crippen molar-refractivity contribution in [3.05, 3.63) is 53.7 Å². The molecule has 0 bridgehead atoms. The molecular weight excluding hydrogens is 308 g/mol. The Labute approximate surface area is 138 Å². The molecule has 0 aliphatic heterocycles. The molecule has 2 N–H and O–H groups in total. The number of nitrogens with one attached hydrogen (secondary N) is 2. The average molecular weight is 326 g/mol. The highest BCUT2D eigenvalue weighted by Crippen LogP contribution is 2.10. The van der Waals surface area contributed by atoms with Crippen LogP contribution in [0.5, 0.6) is 0 Å². The van der Waals surface area contributed by atoms with Crippen LogP contribution in [0, 0.1) is 13.8 Å². The van der Waals surface area contributed by atoms with E-state index in [2.05, 4.69) is 25.9 Å². The Bertz CT molecular complexity index is 808. The van der Waals surface area contributed by atoms with Crippen molar-refractivity contribution in [2.24, 2.45) is 0 Å². The van der Waals surface area contributed by atoms with E-state index in [0.717, 1.165) is 11.4 Å². The Kier molecular flexibility index (Phi) is 4.55. The van der Waals surface area contributed by atoms with Crippen LogP contribution < -0.4 is 10.6 Å². The van der Waals surface area contributed by atoms with Crippen molar-refractivity contribution in [3.63, 3.8) is 0 Å². The Morgan fingerprint density at radius 3 is 2.71 bits per heavy atom. The van der Waals surface area contributed by atoms with Crippen LogP contribution in [0.15, 0.2) is 41.2 Å². The van der Waals surface area contributed by atoms with Gasteiger partial charge in [0.25, 0.3) is 5.91 Å². The van der Waals surface area contributed by atoms with Gasteiger partial charge < -0.3 is 15.1 Å². The molecule has 3 aromatic rings. The summed E-state index contributed by atoms with van der Waals surface area (Å²) in [6, 6.07) is 7.28. The lowest BCUT2D eigenvalue weighted by atomic mass is 10.3. The maximum atomic E-state index is 11.7. The maximum Gasteiger partial charge on any atom is 0.254 e. The van der Waals surface area contributed by atoms with Crippen molar-refractivity contribution >= 4 is 11.7 Å². The molecule has 1 amide bonds. The van der Waals surface area contributed by atoms with E-state index in [9.17, 15) is 4.79 Å². The van der Waals surface area contributed by atoms with Gasteiger partial charge in [0.1, 0.15) is 12.1 Å². The molecule has 8 heteroatoms. The minimum atomic E-state index is -0.170. The van der Waals surface area contributed by atoms with Gasteiger partial charge in [-0.1, -0.05) is 0 Å². The van der Waals surface area contributed by atoms with Gasteiger partial charge in [0.2, 0.25) is 0 Å². The number of carbonyl (C=O) groups is 1. The number of hydrogen-bond acceptors (Lipinski definition) is 6. The third-order valence-corrected chi connectivity index (χ3v) is 3.38. The lowest BCUT2D eigenvalue weighted by Gasteiger charge is -2.07. The molecular formula is C16H18N6O2. The number of hydrogen-bond donors (Lipinski definition) is 2. The molecule has 0 spiro atoms. The van der Waals surface area contributed by atoms with Crippen LogP contribution in [-0.4, -0.2) is 39.0 Å². The number of rotatable bonds is 6. The van der Waals surface area contributed by atoms with E-state index in [-0.39, 0.29) is 5.91 Å². The quantitative estimate of drug-likeness (QED) is 0.669. The average Bonchev–Trinajstić information content (AvgIpc) is 3.22. The molecule has 0 saturated heterocycles. The summed E-state index contributed by atoms with van der Waals surface area (Å²) in [6.45, 7) is 4.91. The van der Waals surface area contributed by atoms with Gasteiger partial charge >= 0.3 is 0 Å². The molecule has 0 unspecified atom stereocenters. The number of amides is 1. The van der Waals surface area contributed by atoms with Gasteiger partial charge in [0, 0.05) is 18.8 Å². The second-order valence-electron chi connectivity index (χ2n) is 5.31. The van der Waals surface area contributed by atoms with Crippen molar-refractivity contribution in [1.82, 2.24) is 25.3 Å². The number of aromatic nitrogens is 4. The van der Waals surface area contributed by atoms with E-state index < -0.39 is 0 Å². The molecule has 124 valence electrons. The molecule has 0 atom stereocenters. The molecule has 0 aliphatic rings. The van der Waals surface area contributed by atoms with Crippen molar-refractivity contribution in [2.45, 2.75) is 13.8 Å².